The summed E-state index contributed by atoms with van der Waals surface area (Å²) in [6.07, 6.45) is 1.66. The first-order chi connectivity index (χ1) is 7.58. The molecule has 0 unspecified atom stereocenters. The minimum Gasteiger partial charge on any atom is -0.226 e. The number of rotatable bonds is 1. The van der Waals surface area contributed by atoms with E-state index < -0.39 is 0 Å². The Morgan fingerprint density at radius 3 is 2.56 bits per heavy atom. The van der Waals surface area contributed by atoms with Crippen molar-refractivity contribution in [3.8, 4) is 11.3 Å². The number of aromatic nitrogens is 2. The Kier molecular flexibility index (Phi) is 3.33. The Hall–Kier alpha value is -0.830. The van der Waals surface area contributed by atoms with Gasteiger partial charge >= 0.3 is 0 Å². The minimum atomic E-state index is 0.201. The molecule has 16 heavy (non-hydrogen) atoms. The van der Waals surface area contributed by atoms with Crippen LogP contribution < -0.4 is 0 Å². The van der Waals surface area contributed by atoms with E-state index in [1.807, 2.05) is 13.0 Å². The number of aryl methyl sites for hydroxylation is 1. The summed E-state index contributed by atoms with van der Waals surface area (Å²) >= 11 is 17.7. The smallest absolute Gasteiger partial charge is 0.222 e. The van der Waals surface area contributed by atoms with Crippen LogP contribution in [0.5, 0.6) is 0 Å². The van der Waals surface area contributed by atoms with Crippen LogP contribution in [-0.2, 0) is 0 Å². The van der Waals surface area contributed by atoms with Crippen molar-refractivity contribution in [2.75, 3.05) is 0 Å². The molecular weight excluding hydrogens is 266 g/mol. The van der Waals surface area contributed by atoms with E-state index >= 15 is 0 Å². The van der Waals surface area contributed by atoms with Crippen molar-refractivity contribution in [3.63, 3.8) is 0 Å². The minimum absolute atomic E-state index is 0.201. The molecule has 0 amide bonds. The van der Waals surface area contributed by atoms with Gasteiger partial charge < -0.3 is 0 Å². The standard InChI is InChI=1S/C11H7Cl3N2/c1-6-5-15-11(14)16-10(6)8-3-2-7(12)4-9(8)13/h2-5H,1H3. The Bertz CT molecular complexity index is 541. The van der Waals surface area contributed by atoms with E-state index in [1.165, 1.54) is 0 Å². The SMILES string of the molecule is Cc1cnc(Cl)nc1-c1ccc(Cl)cc1Cl. The molecule has 0 saturated carbocycles. The third kappa shape index (κ3) is 2.29. The zero-order valence-electron chi connectivity index (χ0n) is 8.34. The molecule has 82 valence electrons. The Labute approximate surface area is 108 Å². The first-order valence-corrected chi connectivity index (χ1v) is 5.66. The topological polar surface area (TPSA) is 25.8 Å². The molecule has 0 radical (unpaired) electrons. The normalized spacial score (nSPS) is 10.5. The van der Waals surface area contributed by atoms with Gasteiger partial charge in [0.25, 0.3) is 0 Å². The van der Waals surface area contributed by atoms with Crippen molar-refractivity contribution in [1.82, 2.24) is 9.97 Å². The van der Waals surface area contributed by atoms with E-state index in [-0.39, 0.29) is 5.28 Å². The monoisotopic (exact) mass is 272 g/mol. The van der Waals surface area contributed by atoms with Crippen LogP contribution >= 0.6 is 34.8 Å². The molecule has 1 aromatic carbocycles. The molecule has 0 atom stereocenters. The van der Waals surface area contributed by atoms with Crippen LogP contribution in [0.1, 0.15) is 5.56 Å². The molecule has 0 saturated heterocycles. The fourth-order valence-electron chi connectivity index (χ4n) is 1.37. The molecule has 5 heteroatoms. The molecule has 2 rings (SSSR count). The van der Waals surface area contributed by atoms with Crippen LogP contribution in [0.3, 0.4) is 0 Å². The van der Waals surface area contributed by atoms with Crippen LogP contribution in [0, 0.1) is 6.92 Å². The second-order valence-electron chi connectivity index (χ2n) is 3.29. The van der Waals surface area contributed by atoms with E-state index in [0.717, 1.165) is 16.8 Å². The maximum atomic E-state index is 6.10. The van der Waals surface area contributed by atoms with Crippen molar-refractivity contribution < 1.29 is 0 Å². The highest BCUT2D eigenvalue weighted by Gasteiger charge is 2.09. The second-order valence-corrected chi connectivity index (χ2v) is 4.48. The van der Waals surface area contributed by atoms with Gasteiger partial charge in [-0.05, 0) is 42.3 Å². The Morgan fingerprint density at radius 2 is 1.88 bits per heavy atom. The first-order valence-electron chi connectivity index (χ1n) is 4.52. The molecule has 0 aliphatic carbocycles. The number of hydrogen-bond donors (Lipinski definition) is 0. The third-order valence-corrected chi connectivity index (χ3v) is 2.86. The average molecular weight is 274 g/mol. The summed E-state index contributed by atoms with van der Waals surface area (Å²) in [4.78, 5) is 8.06. The van der Waals surface area contributed by atoms with Crippen molar-refractivity contribution in [1.29, 1.82) is 0 Å². The molecule has 0 N–H and O–H groups in total. The number of benzene rings is 1. The molecule has 2 aromatic rings. The molecule has 2 nitrogen and oxygen atoms in total. The zero-order chi connectivity index (χ0) is 11.7. The summed E-state index contributed by atoms with van der Waals surface area (Å²) in [5.41, 5.74) is 2.43. The van der Waals surface area contributed by atoms with Crippen molar-refractivity contribution in [3.05, 3.63) is 45.3 Å². The van der Waals surface area contributed by atoms with Gasteiger partial charge in [-0.2, -0.15) is 0 Å². The van der Waals surface area contributed by atoms with Crippen molar-refractivity contribution in [2.45, 2.75) is 6.92 Å². The van der Waals surface area contributed by atoms with E-state index in [9.17, 15) is 0 Å². The summed E-state index contributed by atoms with van der Waals surface area (Å²) < 4.78 is 0. The van der Waals surface area contributed by atoms with E-state index in [4.69, 9.17) is 34.8 Å². The van der Waals surface area contributed by atoms with Crippen molar-refractivity contribution in [2.24, 2.45) is 0 Å². The lowest BCUT2D eigenvalue weighted by molar-refractivity contribution is 1.13. The largest absolute Gasteiger partial charge is 0.226 e. The van der Waals surface area contributed by atoms with E-state index in [2.05, 4.69) is 9.97 Å². The summed E-state index contributed by atoms with van der Waals surface area (Å²) in [6, 6.07) is 5.25. The predicted octanol–water partition coefficient (Wildman–Crippen LogP) is 4.41. The van der Waals surface area contributed by atoms with Gasteiger partial charge in [0.05, 0.1) is 10.7 Å². The molecule has 0 bridgehead atoms. The lowest BCUT2D eigenvalue weighted by Gasteiger charge is -2.07. The maximum Gasteiger partial charge on any atom is 0.222 e. The molecule has 0 aliphatic rings. The summed E-state index contributed by atoms with van der Waals surface area (Å²) in [7, 11) is 0. The van der Waals surface area contributed by atoms with Crippen molar-refractivity contribution >= 4 is 34.8 Å². The van der Waals surface area contributed by atoms with Crippen LogP contribution in [-0.4, -0.2) is 9.97 Å². The highest BCUT2D eigenvalue weighted by Crippen LogP contribution is 2.31. The van der Waals surface area contributed by atoms with Crippen LogP contribution in [0.15, 0.2) is 24.4 Å². The van der Waals surface area contributed by atoms with Gasteiger partial charge in [-0.3, -0.25) is 0 Å². The van der Waals surface area contributed by atoms with Gasteiger partial charge in [0.1, 0.15) is 0 Å². The van der Waals surface area contributed by atoms with Gasteiger partial charge in [0, 0.05) is 16.8 Å². The molecule has 1 heterocycles. The summed E-state index contributed by atoms with van der Waals surface area (Å²) in [6.45, 7) is 1.90. The number of nitrogens with zero attached hydrogens (tertiary/aromatic N) is 2. The lowest BCUT2D eigenvalue weighted by Crippen LogP contribution is -1.92. The fraction of sp³-hybridized carbons (Fsp3) is 0.0909. The Balaban J connectivity index is 2.62. The average Bonchev–Trinajstić information content (AvgIpc) is 2.22. The number of halogens is 3. The lowest BCUT2D eigenvalue weighted by atomic mass is 10.1. The van der Waals surface area contributed by atoms with E-state index in [1.54, 1.807) is 18.3 Å². The maximum absolute atomic E-state index is 6.10. The zero-order valence-corrected chi connectivity index (χ0v) is 10.6. The van der Waals surface area contributed by atoms with Gasteiger partial charge in [0.2, 0.25) is 5.28 Å². The molecule has 1 aromatic heterocycles. The van der Waals surface area contributed by atoms with Gasteiger partial charge in [-0.25, -0.2) is 9.97 Å². The van der Waals surface area contributed by atoms with Crippen LogP contribution in [0.25, 0.3) is 11.3 Å². The molecule has 0 aliphatic heterocycles. The van der Waals surface area contributed by atoms with Gasteiger partial charge in [0.15, 0.2) is 0 Å². The Morgan fingerprint density at radius 1 is 1.12 bits per heavy atom. The summed E-state index contributed by atoms with van der Waals surface area (Å²) in [5.74, 6) is 0. The molecular formula is C11H7Cl3N2. The quantitative estimate of drug-likeness (QED) is 0.719. The fourth-order valence-corrected chi connectivity index (χ4v) is 2.01. The predicted molar refractivity (Wildman–Crippen MR) is 67.2 cm³/mol. The molecule has 0 fully saturated rings. The summed E-state index contributed by atoms with van der Waals surface area (Å²) in [5, 5.41) is 1.34. The van der Waals surface area contributed by atoms with Crippen LogP contribution in [0.2, 0.25) is 15.3 Å². The first kappa shape index (κ1) is 11.6. The van der Waals surface area contributed by atoms with Gasteiger partial charge in [-0.15, -0.1) is 0 Å². The second kappa shape index (κ2) is 4.58. The highest BCUT2D eigenvalue weighted by molar-refractivity contribution is 6.36. The van der Waals surface area contributed by atoms with Gasteiger partial charge in [-0.1, -0.05) is 23.2 Å². The van der Waals surface area contributed by atoms with Crippen LogP contribution in [0.4, 0.5) is 0 Å². The number of hydrogen-bond acceptors (Lipinski definition) is 2. The van der Waals surface area contributed by atoms with E-state index in [0.29, 0.717) is 10.0 Å². The third-order valence-electron chi connectivity index (χ3n) is 2.13. The highest BCUT2D eigenvalue weighted by atomic mass is 35.5. The molecule has 0 spiro atoms.